The maximum atomic E-state index is 3.83. The van der Waals surface area contributed by atoms with E-state index in [9.17, 15) is 0 Å². The summed E-state index contributed by atoms with van der Waals surface area (Å²) >= 11 is 1.96. The van der Waals surface area contributed by atoms with Crippen LogP contribution in [-0.2, 0) is 0 Å². The summed E-state index contributed by atoms with van der Waals surface area (Å²) in [5.41, 5.74) is 1.58. The maximum Gasteiger partial charge on any atom is 0.0359 e. The van der Waals surface area contributed by atoms with Crippen molar-refractivity contribution in [2.75, 3.05) is 6.54 Å². The Kier molecular flexibility index (Phi) is 5.47. The molecule has 1 aliphatic rings. The van der Waals surface area contributed by atoms with Gasteiger partial charge in [-0.3, -0.25) is 0 Å². The van der Waals surface area contributed by atoms with E-state index < -0.39 is 0 Å². The molecule has 1 heterocycles. The lowest BCUT2D eigenvalue weighted by Gasteiger charge is -2.33. The van der Waals surface area contributed by atoms with Gasteiger partial charge in [-0.25, -0.2) is 0 Å². The largest absolute Gasteiger partial charge is 0.310 e. The van der Waals surface area contributed by atoms with Gasteiger partial charge in [0, 0.05) is 15.8 Å². The molecule has 0 aromatic carbocycles. The molecular formula is C17H29NS. The minimum absolute atomic E-state index is 0.595. The van der Waals surface area contributed by atoms with Crippen LogP contribution in [0, 0.1) is 25.7 Å². The van der Waals surface area contributed by atoms with Gasteiger partial charge in [-0.1, -0.05) is 26.7 Å². The van der Waals surface area contributed by atoms with E-state index in [0.717, 1.165) is 18.4 Å². The van der Waals surface area contributed by atoms with Gasteiger partial charge in [-0.2, -0.15) is 0 Å². The van der Waals surface area contributed by atoms with Crippen molar-refractivity contribution in [3.63, 3.8) is 0 Å². The zero-order chi connectivity index (χ0) is 13.8. The van der Waals surface area contributed by atoms with Gasteiger partial charge in [-0.15, -0.1) is 11.3 Å². The molecule has 0 aliphatic heterocycles. The summed E-state index contributed by atoms with van der Waals surface area (Å²) in [5.74, 6) is 1.78. The summed E-state index contributed by atoms with van der Waals surface area (Å²) < 4.78 is 0. The van der Waals surface area contributed by atoms with Crippen LogP contribution in [0.1, 0.15) is 67.3 Å². The number of hydrogen-bond donors (Lipinski definition) is 1. The molecule has 1 nitrogen and oxygen atoms in total. The summed E-state index contributed by atoms with van der Waals surface area (Å²) in [7, 11) is 0. The highest BCUT2D eigenvalue weighted by Gasteiger charge is 2.28. The predicted octanol–water partition coefficient (Wildman–Crippen LogP) is 5.23. The Morgan fingerprint density at radius 1 is 1.26 bits per heavy atom. The van der Waals surface area contributed by atoms with E-state index in [2.05, 4.69) is 39.1 Å². The lowest BCUT2D eigenvalue weighted by atomic mass is 9.77. The first kappa shape index (κ1) is 15.1. The smallest absolute Gasteiger partial charge is 0.0359 e. The fraction of sp³-hybridized carbons (Fsp3) is 0.765. The van der Waals surface area contributed by atoms with Crippen molar-refractivity contribution in [1.82, 2.24) is 5.32 Å². The standard InChI is InChI=1S/C17H29NS/c1-5-10-18-17(15-8-6-12(2)7-9-15)16-11-13(3)19-14(16)4/h11-12,15,17-18H,5-10H2,1-4H3. The van der Waals surface area contributed by atoms with Crippen LogP contribution in [0.15, 0.2) is 6.07 Å². The topological polar surface area (TPSA) is 12.0 Å². The first-order valence-corrected chi connectivity index (χ1v) is 8.73. The van der Waals surface area contributed by atoms with E-state index in [0.29, 0.717) is 6.04 Å². The number of rotatable bonds is 5. The molecule has 1 saturated carbocycles. The summed E-state index contributed by atoms with van der Waals surface area (Å²) in [6.07, 6.45) is 6.85. The number of nitrogens with one attached hydrogen (secondary N) is 1. The molecule has 1 aliphatic carbocycles. The number of thiophene rings is 1. The monoisotopic (exact) mass is 279 g/mol. The molecule has 1 aromatic rings. The molecule has 2 heteroatoms. The Bertz CT molecular complexity index is 388. The molecular weight excluding hydrogens is 250 g/mol. The van der Waals surface area contributed by atoms with E-state index in [-0.39, 0.29) is 0 Å². The molecule has 108 valence electrons. The van der Waals surface area contributed by atoms with Gasteiger partial charge in [0.2, 0.25) is 0 Å². The zero-order valence-electron chi connectivity index (χ0n) is 13.0. The molecule has 0 radical (unpaired) electrons. The fourth-order valence-corrected chi connectivity index (χ4v) is 4.38. The van der Waals surface area contributed by atoms with Crippen LogP contribution in [0.2, 0.25) is 0 Å². The Morgan fingerprint density at radius 3 is 2.47 bits per heavy atom. The third-order valence-electron chi connectivity index (χ3n) is 4.56. The second kappa shape index (κ2) is 6.90. The van der Waals surface area contributed by atoms with Gasteiger partial charge >= 0.3 is 0 Å². The highest BCUT2D eigenvalue weighted by Crippen LogP contribution is 2.39. The second-order valence-electron chi connectivity index (χ2n) is 6.32. The van der Waals surface area contributed by atoms with Crippen molar-refractivity contribution in [3.8, 4) is 0 Å². The number of hydrogen-bond acceptors (Lipinski definition) is 2. The predicted molar refractivity (Wildman–Crippen MR) is 85.9 cm³/mol. The van der Waals surface area contributed by atoms with Crippen LogP contribution in [0.3, 0.4) is 0 Å². The molecule has 0 amide bonds. The Balaban J connectivity index is 2.13. The lowest BCUT2D eigenvalue weighted by molar-refractivity contribution is 0.231. The summed E-state index contributed by atoms with van der Waals surface area (Å²) in [6, 6.07) is 3.02. The molecule has 19 heavy (non-hydrogen) atoms. The molecule has 1 atom stereocenters. The molecule has 0 saturated heterocycles. The van der Waals surface area contributed by atoms with Crippen molar-refractivity contribution in [2.24, 2.45) is 11.8 Å². The average Bonchev–Trinajstić information content (AvgIpc) is 2.71. The van der Waals surface area contributed by atoms with Gasteiger partial charge in [-0.05, 0) is 63.1 Å². The van der Waals surface area contributed by atoms with Crippen LogP contribution < -0.4 is 5.32 Å². The number of aryl methyl sites for hydroxylation is 2. The third-order valence-corrected chi connectivity index (χ3v) is 5.54. The zero-order valence-corrected chi connectivity index (χ0v) is 13.8. The Labute approximate surface area is 122 Å². The minimum Gasteiger partial charge on any atom is -0.310 e. The van der Waals surface area contributed by atoms with Crippen LogP contribution in [0.4, 0.5) is 0 Å². The first-order chi connectivity index (χ1) is 9.11. The van der Waals surface area contributed by atoms with Gasteiger partial charge < -0.3 is 5.32 Å². The van der Waals surface area contributed by atoms with Crippen molar-refractivity contribution in [2.45, 2.75) is 65.8 Å². The van der Waals surface area contributed by atoms with Gasteiger partial charge in [0.1, 0.15) is 0 Å². The third kappa shape index (κ3) is 3.82. The summed E-state index contributed by atoms with van der Waals surface area (Å²) in [5, 5.41) is 3.83. The van der Waals surface area contributed by atoms with Crippen molar-refractivity contribution in [1.29, 1.82) is 0 Å². The van der Waals surface area contributed by atoms with Crippen molar-refractivity contribution in [3.05, 3.63) is 21.4 Å². The van der Waals surface area contributed by atoms with Crippen molar-refractivity contribution < 1.29 is 0 Å². The first-order valence-electron chi connectivity index (χ1n) is 7.92. The van der Waals surface area contributed by atoms with E-state index in [1.807, 2.05) is 11.3 Å². The molecule has 1 N–H and O–H groups in total. The quantitative estimate of drug-likeness (QED) is 0.778. The fourth-order valence-electron chi connectivity index (χ4n) is 3.41. The van der Waals surface area contributed by atoms with Gasteiger partial charge in [0.25, 0.3) is 0 Å². The normalized spacial score (nSPS) is 25.5. The highest BCUT2D eigenvalue weighted by atomic mass is 32.1. The second-order valence-corrected chi connectivity index (χ2v) is 7.78. The summed E-state index contributed by atoms with van der Waals surface area (Å²) in [6.45, 7) is 10.3. The molecule has 0 bridgehead atoms. The van der Waals surface area contributed by atoms with Crippen molar-refractivity contribution >= 4 is 11.3 Å². The average molecular weight is 279 g/mol. The molecule has 1 aromatic heterocycles. The Morgan fingerprint density at radius 2 is 1.95 bits per heavy atom. The van der Waals surface area contributed by atoms with Crippen LogP contribution in [-0.4, -0.2) is 6.54 Å². The minimum atomic E-state index is 0.595. The SMILES string of the molecule is CCCNC(c1cc(C)sc1C)C1CCC(C)CC1. The van der Waals surface area contributed by atoms with E-state index in [4.69, 9.17) is 0 Å². The van der Waals surface area contributed by atoms with Gasteiger partial charge in [0.05, 0.1) is 0 Å². The molecule has 1 fully saturated rings. The van der Waals surface area contributed by atoms with E-state index >= 15 is 0 Å². The Hall–Kier alpha value is -0.340. The van der Waals surface area contributed by atoms with Crippen LogP contribution in [0.25, 0.3) is 0 Å². The maximum absolute atomic E-state index is 3.83. The molecule has 0 spiro atoms. The van der Waals surface area contributed by atoms with Crippen LogP contribution in [0.5, 0.6) is 0 Å². The van der Waals surface area contributed by atoms with Crippen LogP contribution >= 0.6 is 11.3 Å². The summed E-state index contributed by atoms with van der Waals surface area (Å²) in [4.78, 5) is 2.98. The van der Waals surface area contributed by atoms with E-state index in [1.165, 1.54) is 41.9 Å². The van der Waals surface area contributed by atoms with Gasteiger partial charge in [0.15, 0.2) is 0 Å². The molecule has 1 unspecified atom stereocenters. The van der Waals surface area contributed by atoms with E-state index in [1.54, 1.807) is 5.56 Å². The molecule has 2 rings (SSSR count). The highest BCUT2D eigenvalue weighted by molar-refractivity contribution is 7.12. The lowest BCUT2D eigenvalue weighted by Crippen LogP contribution is -2.31.